The lowest BCUT2D eigenvalue weighted by Crippen LogP contribution is -2.38. The molecule has 37 heavy (non-hydrogen) atoms. The van der Waals surface area contributed by atoms with Gasteiger partial charge in [0.2, 0.25) is 5.89 Å². The zero-order chi connectivity index (χ0) is 25.9. The molecule has 2 aliphatic rings. The van der Waals surface area contributed by atoms with E-state index in [4.69, 9.17) is 14.5 Å². The number of oxazole rings is 1. The highest BCUT2D eigenvalue weighted by Gasteiger charge is 2.65. The second kappa shape index (κ2) is 8.46. The van der Waals surface area contributed by atoms with E-state index in [1.807, 2.05) is 0 Å². The average molecular weight is 506 g/mol. The summed E-state index contributed by atoms with van der Waals surface area (Å²) in [5.41, 5.74) is 2.11. The molecule has 0 unspecified atom stereocenters. The maximum atomic E-state index is 14.5. The van der Waals surface area contributed by atoms with E-state index in [-0.39, 0.29) is 41.5 Å². The molecule has 6 rings (SSSR count). The normalized spacial score (nSPS) is 22.3. The summed E-state index contributed by atoms with van der Waals surface area (Å²) in [6.07, 6.45) is 5.41. The fraction of sp³-hybridized carbons (Fsp3) is 0.370. The number of rotatable bonds is 6. The topological polar surface area (TPSA) is 118 Å². The maximum absolute atomic E-state index is 14.5. The molecule has 1 saturated carbocycles. The average Bonchev–Trinajstić information content (AvgIpc) is 3.53. The SMILES string of the molecule is CC1(C)[C@H]2CC[C@]1(c1cncc(-c3nc([C@@H](O)CCO)co3)n1)c1nnc(-c3c(F)cccc3F)cc12. The first-order valence-corrected chi connectivity index (χ1v) is 12.2. The van der Waals surface area contributed by atoms with Crippen LogP contribution in [0.1, 0.15) is 67.8 Å². The van der Waals surface area contributed by atoms with Gasteiger partial charge in [-0.2, -0.15) is 5.10 Å². The Hall–Kier alpha value is -3.63. The largest absolute Gasteiger partial charge is 0.443 e. The van der Waals surface area contributed by atoms with E-state index in [1.165, 1.54) is 24.5 Å². The van der Waals surface area contributed by atoms with Crippen LogP contribution in [0.4, 0.5) is 8.78 Å². The van der Waals surface area contributed by atoms with Crippen molar-refractivity contribution in [1.29, 1.82) is 0 Å². The van der Waals surface area contributed by atoms with E-state index in [2.05, 4.69) is 34.0 Å². The summed E-state index contributed by atoms with van der Waals surface area (Å²) in [4.78, 5) is 13.6. The molecule has 0 radical (unpaired) electrons. The minimum Gasteiger partial charge on any atom is -0.443 e. The molecule has 3 atom stereocenters. The van der Waals surface area contributed by atoms with Crippen molar-refractivity contribution in [3.05, 3.63) is 77.2 Å². The van der Waals surface area contributed by atoms with Crippen molar-refractivity contribution in [2.75, 3.05) is 6.61 Å². The number of nitrogens with zero attached hydrogens (tertiary/aromatic N) is 5. The number of aliphatic hydroxyl groups is 2. The quantitative estimate of drug-likeness (QED) is 0.394. The van der Waals surface area contributed by atoms with Crippen LogP contribution in [-0.2, 0) is 5.41 Å². The summed E-state index contributed by atoms with van der Waals surface area (Å²) in [5, 5.41) is 28.0. The molecule has 10 heteroatoms. The third-order valence-corrected chi connectivity index (χ3v) is 8.16. The molecule has 3 aromatic heterocycles. The summed E-state index contributed by atoms with van der Waals surface area (Å²) in [7, 11) is 0. The number of hydrogen-bond donors (Lipinski definition) is 2. The Kier molecular flexibility index (Phi) is 5.43. The minimum absolute atomic E-state index is 0.0963. The summed E-state index contributed by atoms with van der Waals surface area (Å²) >= 11 is 0. The Labute approximate surface area is 211 Å². The van der Waals surface area contributed by atoms with E-state index in [9.17, 15) is 13.9 Å². The lowest BCUT2D eigenvalue weighted by molar-refractivity contribution is 0.130. The monoisotopic (exact) mass is 505 g/mol. The van der Waals surface area contributed by atoms with Crippen LogP contribution in [0.2, 0.25) is 0 Å². The molecule has 2 bridgehead atoms. The van der Waals surface area contributed by atoms with Gasteiger partial charge in [-0.1, -0.05) is 19.9 Å². The Balaban J connectivity index is 1.44. The number of aromatic nitrogens is 5. The van der Waals surface area contributed by atoms with Crippen LogP contribution < -0.4 is 0 Å². The van der Waals surface area contributed by atoms with Crippen LogP contribution in [0.25, 0.3) is 22.8 Å². The smallest absolute Gasteiger partial charge is 0.247 e. The van der Waals surface area contributed by atoms with Gasteiger partial charge in [0.15, 0.2) is 0 Å². The first-order chi connectivity index (χ1) is 17.8. The summed E-state index contributed by atoms with van der Waals surface area (Å²) in [6, 6.07) is 5.51. The molecule has 0 spiro atoms. The zero-order valence-corrected chi connectivity index (χ0v) is 20.3. The van der Waals surface area contributed by atoms with Crippen molar-refractivity contribution < 1.29 is 23.4 Å². The minimum atomic E-state index is -0.947. The van der Waals surface area contributed by atoms with Crippen LogP contribution >= 0.6 is 0 Å². The van der Waals surface area contributed by atoms with Gasteiger partial charge in [0, 0.05) is 19.2 Å². The van der Waals surface area contributed by atoms with Gasteiger partial charge in [-0.3, -0.25) is 4.98 Å². The van der Waals surface area contributed by atoms with Gasteiger partial charge in [-0.15, -0.1) is 5.10 Å². The fourth-order valence-corrected chi connectivity index (χ4v) is 6.26. The molecular formula is C27H25F2N5O3. The predicted octanol–water partition coefficient (Wildman–Crippen LogP) is 4.49. The van der Waals surface area contributed by atoms with Gasteiger partial charge < -0.3 is 14.6 Å². The van der Waals surface area contributed by atoms with Crippen molar-refractivity contribution in [1.82, 2.24) is 25.1 Å². The second-order valence-corrected chi connectivity index (χ2v) is 10.2. The molecule has 1 fully saturated rings. The van der Waals surface area contributed by atoms with Crippen molar-refractivity contribution in [2.24, 2.45) is 5.41 Å². The highest BCUT2D eigenvalue weighted by Crippen LogP contribution is 2.69. The van der Waals surface area contributed by atoms with Gasteiger partial charge in [0.1, 0.15) is 35.4 Å². The van der Waals surface area contributed by atoms with E-state index in [0.717, 1.165) is 24.1 Å². The van der Waals surface area contributed by atoms with Gasteiger partial charge in [-0.05, 0) is 47.9 Å². The van der Waals surface area contributed by atoms with E-state index >= 15 is 0 Å². The number of fused-ring (bicyclic) bond motifs is 5. The van der Waals surface area contributed by atoms with Crippen LogP contribution in [0.3, 0.4) is 0 Å². The van der Waals surface area contributed by atoms with E-state index in [1.54, 1.807) is 18.5 Å². The van der Waals surface area contributed by atoms with Crippen molar-refractivity contribution >= 4 is 0 Å². The zero-order valence-electron chi connectivity index (χ0n) is 20.3. The predicted molar refractivity (Wildman–Crippen MR) is 128 cm³/mol. The van der Waals surface area contributed by atoms with Gasteiger partial charge >= 0.3 is 0 Å². The van der Waals surface area contributed by atoms with Gasteiger partial charge in [-0.25, -0.2) is 18.7 Å². The summed E-state index contributed by atoms with van der Waals surface area (Å²) in [5.74, 6) is -1.06. The molecular weight excluding hydrogens is 480 g/mol. The molecule has 0 amide bonds. The number of hydrogen-bond acceptors (Lipinski definition) is 8. The second-order valence-electron chi connectivity index (χ2n) is 10.2. The summed E-state index contributed by atoms with van der Waals surface area (Å²) < 4.78 is 34.6. The summed E-state index contributed by atoms with van der Waals surface area (Å²) in [6.45, 7) is 4.13. The van der Waals surface area contributed by atoms with Gasteiger partial charge in [0.05, 0.1) is 34.3 Å². The highest BCUT2D eigenvalue weighted by atomic mass is 19.1. The van der Waals surface area contributed by atoms with Crippen LogP contribution in [-0.4, -0.2) is 42.0 Å². The maximum Gasteiger partial charge on any atom is 0.247 e. The Morgan fingerprint density at radius 2 is 1.89 bits per heavy atom. The third-order valence-electron chi connectivity index (χ3n) is 8.16. The van der Waals surface area contributed by atoms with Gasteiger partial charge in [0.25, 0.3) is 0 Å². The molecule has 0 aliphatic heterocycles. The number of aliphatic hydroxyl groups excluding tert-OH is 2. The molecule has 190 valence electrons. The Morgan fingerprint density at radius 3 is 2.65 bits per heavy atom. The van der Waals surface area contributed by atoms with E-state index < -0.39 is 23.2 Å². The van der Waals surface area contributed by atoms with Crippen LogP contribution in [0, 0.1) is 17.0 Å². The number of halogens is 2. The number of benzene rings is 1. The Morgan fingerprint density at radius 1 is 1.11 bits per heavy atom. The van der Waals surface area contributed by atoms with Crippen molar-refractivity contribution in [3.8, 4) is 22.8 Å². The molecule has 4 aromatic rings. The van der Waals surface area contributed by atoms with Crippen LogP contribution in [0.5, 0.6) is 0 Å². The third kappa shape index (κ3) is 3.35. The first-order valence-electron chi connectivity index (χ1n) is 12.2. The molecule has 2 N–H and O–H groups in total. The molecule has 3 heterocycles. The fourth-order valence-electron chi connectivity index (χ4n) is 6.26. The molecule has 0 saturated heterocycles. The van der Waals surface area contributed by atoms with E-state index in [0.29, 0.717) is 17.1 Å². The highest BCUT2D eigenvalue weighted by molar-refractivity contribution is 5.64. The lowest BCUT2D eigenvalue weighted by atomic mass is 9.66. The molecule has 1 aromatic carbocycles. The van der Waals surface area contributed by atoms with Crippen LogP contribution in [0.15, 0.2) is 47.3 Å². The van der Waals surface area contributed by atoms with Crippen molar-refractivity contribution in [2.45, 2.75) is 50.5 Å². The molecule has 2 aliphatic carbocycles. The standard InChI is InChI=1S/C27H25F2N5O3/c1-26(2)15-6-8-27(26,24-14(15)10-18(33-34-24)23-16(28)4-3-5-17(23)29)22-12-30-11-19(31-22)25-32-20(13-37-25)21(36)7-9-35/h3-5,10-13,15,21,35-36H,6-9H2,1-2H3/t15-,21-,27-/m0/s1. The molecule has 8 nitrogen and oxygen atoms in total. The Bertz CT molecular complexity index is 1490. The van der Waals surface area contributed by atoms with Crippen molar-refractivity contribution in [3.63, 3.8) is 0 Å². The lowest BCUT2D eigenvalue weighted by Gasteiger charge is -2.37. The first kappa shape index (κ1) is 23.7.